The van der Waals surface area contributed by atoms with Gasteiger partial charge in [-0.2, -0.15) is 4.99 Å². The van der Waals surface area contributed by atoms with Crippen molar-refractivity contribution in [3.05, 3.63) is 46.8 Å². The molecule has 1 fully saturated rings. The predicted molar refractivity (Wildman–Crippen MR) is 104 cm³/mol. The molecule has 1 saturated heterocycles. The molecule has 2 heterocycles. The first kappa shape index (κ1) is 17.3. The van der Waals surface area contributed by atoms with E-state index in [4.69, 9.17) is 4.98 Å². The molecule has 6 heteroatoms. The van der Waals surface area contributed by atoms with E-state index in [9.17, 15) is 4.39 Å². The Bertz CT molecular complexity index is 784. The minimum atomic E-state index is -0.865. The third-order valence-electron chi connectivity index (χ3n) is 4.05. The Morgan fingerprint density at radius 3 is 3.17 bits per heavy atom. The predicted octanol–water partition coefficient (Wildman–Crippen LogP) is 5.19. The quantitative estimate of drug-likeness (QED) is 0.546. The first-order chi connectivity index (χ1) is 11.5. The molecule has 1 aromatic heterocycles. The summed E-state index contributed by atoms with van der Waals surface area (Å²) in [7, 11) is 2.76. The van der Waals surface area contributed by atoms with Crippen LogP contribution in [0, 0.1) is 0 Å². The Balaban J connectivity index is 1.96. The number of thiazole rings is 1. The highest BCUT2D eigenvalue weighted by Gasteiger charge is 2.30. The van der Waals surface area contributed by atoms with Crippen molar-refractivity contribution in [1.82, 2.24) is 9.88 Å². The molecule has 3 unspecified atom stereocenters. The van der Waals surface area contributed by atoms with Gasteiger partial charge in [-0.3, -0.25) is 0 Å². The molecule has 126 valence electrons. The lowest BCUT2D eigenvalue weighted by Gasteiger charge is -2.23. The first-order valence-corrected chi connectivity index (χ1v) is 9.52. The van der Waals surface area contributed by atoms with E-state index in [-0.39, 0.29) is 5.66 Å². The van der Waals surface area contributed by atoms with Crippen molar-refractivity contribution in [3.8, 4) is 0 Å². The van der Waals surface area contributed by atoms with Gasteiger partial charge in [0.05, 0.1) is 5.70 Å². The van der Waals surface area contributed by atoms with Gasteiger partial charge in [-0.1, -0.05) is 30.9 Å². The lowest BCUT2D eigenvalue weighted by Crippen LogP contribution is -2.17. The average Bonchev–Trinajstić information content (AvgIpc) is 3.16. The molecule has 1 aliphatic carbocycles. The summed E-state index contributed by atoms with van der Waals surface area (Å²) >= 11 is 1.56. The van der Waals surface area contributed by atoms with Crippen molar-refractivity contribution in [2.24, 2.45) is 4.99 Å². The summed E-state index contributed by atoms with van der Waals surface area (Å²) in [6.45, 7) is 9.04. The molecule has 0 amide bonds. The lowest BCUT2D eigenvalue weighted by atomic mass is 10.0. The van der Waals surface area contributed by atoms with Crippen LogP contribution in [0.3, 0.4) is 0 Å². The van der Waals surface area contributed by atoms with Gasteiger partial charge in [0, 0.05) is 24.3 Å². The molecule has 1 aliphatic heterocycles. The summed E-state index contributed by atoms with van der Waals surface area (Å²) in [6.07, 6.45) is 5.89. The van der Waals surface area contributed by atoms with Crippen LogP contribution in [0.4, 0.5) is 9.39 Å². The number of hydrogen-bond acceptors (Lipinski definition) is 4. The van der Waals surface area contributed by atoms with Crippen molar-refractivity contribution < 1.29 is 4.39 Å². The van der Waals surface area contributed by atoms with Gasteiger partial charge in [0.1, 0.15) is 16.9 Å². The molecular weight excluding hydrogens is 340 g/mol. The third kappa shape index (κ3) is 3.30. The summed E-state index contributed by atoms with van der Waals surface area (Å²) < 4.78 is 13.6. The van der Waals surface area contributed by atoms with Gasteiger partial charge in [-0.25, -0.2) is 9.37 Å². The molecule has 1 aromatic rings. The van der Waals surface area contributed by atoms with Crippen LogP contribution >= 0.6 is 20.6 Å². The molecule has 0 spiro atoms. The van der Waals surface area contributed by atoms with E-state index in [1.807, 2.05) is 13.0 Å². The summed E-state index contributed by atoms with van der Waals surface area (Å²) in [5.74, 6) is 2.89. The zero-order valence-electron chi connectivity index (χ0n) is 13.9. The summed E-state index contributed by atoms with van der Waals surface area (Å²) in [6, 6.07) is 0. The number of aromatic nitrogens is 1. The number of fused-ring (bicyclic) bond motifs is 1. The lowest BCUT2D eigenvalue weighted by molar-refractivity contribution is 0.396. The first-order valence-electron chi connectivity index (χ1n) is 8.03. The highest BCUT2D eigenvalue weighted by molar-refractivity contribution is 7.21. The standard InChI is InChI=1S/C18H21FN3PS/c1-4-8-20-18-16(21-17(24-18)12(3)23)11(2)22-9-7-13-10-14(19)5-6-15(13)22/h4,6,10,12,14H,2,5,7,9,23H2,1,3H3. The average molecular weight is 361 g/mol. The maximum atomic E-state index is 13.6. The molecule has 2 aliphatic rings. The number of aliphatic imine (C=N–C) groups is 1. The topological polar surface area (TPSA) is 28.5 Å². The van der Waals surface area contributed by atoms with Crippen molar-refractivity contribution in [2.75, 3.05) is 6.54 Å². The molecule has 3 rings (SSSR count). The fourth-order valence-corrected chi connectivity index (χ4v) is 4.05. The number of alkyl halides is 1. The third-order valence-corrected chi connectivity index (χ3v) is 5.76. The fraction of sp³-hybridized carbons (Fsp3) is 0.389. The molecule has 0 radical (unpaired) electrons. The van der Waals surface area contributed by atoms with Gasteiger partial charge in [0.15, 0.2) is 5.00 Å². The summed E-state index contributed by atoms with van der Waals surface area (Å²) in [5, 5.41) is 1.82. The zero-order chi connectivity index (χ0) is 17.3. The van der Waals surface area contributed by atoms with Gasteiger partial charge in [0.25, 0.3) is 0 Å². The monoisotopic (exact) mass is 361 g/mol. The van der Waals surface area contributed by atoms with Gasteiger partial charge in [0.2, 0.25) is 0 Å². The second kappa shape index (κ2) is 7.14. The fourth-order valence-electron chi connectivity index (χ4n) is 2.89. The second-order valence-electron chi connectivity index (χ2n) is 5.91. The van der Waals surface area contributed by atoms with Crippen molar-refractivity contribution in [2.45, 2.75) is 38.5 Å². The zero-order valence-corrected chi connectivity index (χ0v) is 15.9. The molecule has 0 saturated carbocycles. The van der Waals surface area contributed by atoms with E-state index in [1.54, 1.807) is 23.5 Å². The van der Waals surface area contributed by atoms with E-state index in [1.165, 1.54) is 0 Å². The molecular formula is C18H21FN3PS. The SMILES string of the molecule is C=C(c1nc(C(C)P)sc1N=C=CC)N1CCC2=CC(F)CC=C21. The van der Waals surface area contributed by atoms with Crippen LogP contribution in [0.25, 0.3) is 5.70 Å². The van der Waals surface area contributed by atoms with Crippen LogP contribution in [0.5, 0.6) is 0 Å². The van der Waals surface area contributed by atoms with E-state index >= 15 is 0 Å². The van der Waals surface area contributed by atoms with Crippen molar-refractivity contribution in [3.63, 3.8) is 0 Å². The Labute approximate surface area is 148 Å². The molecule has 3 atom stereocenters. The molecule has 24 heavy (non-hydrogen) atoms. The van der Waals surface area contributed by atoms with Crippen LogP contribution in [0.2, 0.25) is 0 Å². The number of likely N-dealkylation sites (tertiary alicyclic amines) is 1. The minimum absolute atomic E-state index is 0.256. The van der Waals surface area contributed by atoms with E-state index in [2.05, 4.69) is 38.5 Å². The summed E-state index contributed by atoms with van der Waals surface area (Å²) in [5.41, 5.74) is 4.02. The minimum Gasteiger partial charge on any atom is -0.340 e. The Hall–Kier alpha value is -1.54. The maximum absolute atomic E-state index is 13.6. The molecule has 3 nitrogen and oxygen atoms in total. The van der Waals surface area contributed by atoms with Gasteiger partial charge in [-0.05, 0) is 36.9 Å². The highest BCUT2D eigenvalue weighted by atomic mass is 32.1. The van der Waals surface area contributed by atoms with Crippen molar-refractivity contribution in [1.29, 1.82) is 0 Å². The Morgan fingerprint density at radius 1 is 1.67 bits per heavy atom. The number of rotatable bonds is 4. The van der Waals surface area contributed by atoms with E-state index < -0.39 is 6.17 Å². The molecule has 0 aromatic carbocycles. The van der Waals surface area contributed by atoms with Crippen LogP contribution in [-0.2, 0) is 0 Å². The van der Waals surface area contributed by atoms with Gasteiger partial charge >= 0.3 is 0 Å². The van der Waals surface area contributed by atoms with E-state index in [0.717, 1.165) is 45.6 Å². The van der Waals surface area contributed by atoms with Crippen LogP contribution in [0.1, 0.15) is 43.0 Å². The van der Waals surface area contributed by atoms with Crippen LogP contribution in [0.15, 0.2) is 41.1 Å². The summed E-state index contributed by atoms with van der Waals surface area (Å²) in [4.78, 5) is 11.3. The highest BCUT2D eigenvalue weighted by Crippen LogP contribution is 2.42. The number of nitrogens with zero attached hydrogens (tertiary/aromatic N) is 3. The van der Waals surface area contributed by atoms with E-state index in [0.29, 0.717) is 6.42 Å². The number of halogens is 1. The van der Waals surface area contributed by atoms with Crippen LogP contribution in [-0.4, -0.2) is 28.5 Å². The number of hydrogen-bond donors (Lipinski definition) is 0. The van der Waals surface area contributed by atoms with Gasteiger partial charge < -0.3 is 4.90 Å². The van der Waals surface area contributed by atoms with Crippen molar-refractivity contribution >= 4 is 37.1 Å². The smallest absolute Gasteiger partial charge is 0.155 e. The largest absolute Gasteiger partial charge is 0.340 e. The Kier molecular flexibility index (Phi) is 5.15. The number of allylic oxidation sites excluding steroid dienone is 4. The molecule has 0 bridgehead atoms. The maximum Gasteiger partial charge on any atom is 0.155 e. The molecule has 0 N–H and O–H groups in total. The van der Waals surface area contributed by atoms with Crippen LogP contribution < -0.4 is 0 Å². The normalized spacial score (nSPS) is 20.7. The second-order valence-corrected chi connectivity index (χ2v) is 7.91. The Morgan fingerprint density at radius 2 is 2.46 bits per heavy atom. The van der Waals surface area contributed by atoms with Gasteiger partial charge in [-0.15, -0.1) is 9.24 Å².